The van der Waals surface area contributed by atoms with Crippen molar-refractivity contribution >= 4 is 29.6 Å². The van der Waals surface area contributed by atoms with E-state index in [0.717, 1.165) is 23.1 Å². The number of carbonyl (C=O) groups is 3. The summed E-state index contributed by atoms with van der Waals surface area (Å²) in [7, 11) is 0. The molecule has 2 aromatic carbocycles. The van der Waals surface area contributed by atoms with E-state index in [1.54, 1.807) is 0 Å². The molecule has 6 nitrogen and oxygen atoms in total. The monoisotopic (exact) mass is 459 g/mol. The molecular weight excluding hydrogens is 433 g/mol. The van der Waals surface area contributed by atoms with Gasteiger partial charge in [-0.05, 0) is 66.8 Å². The molecule has 0 spiro atoms. The third kappa shape index (κ3) is 4.05. The number of nitrogens with zero attached hydrogens (tertiary/aromatic N) is 2. The SMILES string of the molecule is Cc1cc(/C=C2\C(=O)NC(=O)N(c3ccccc3F)C2=O)c(C)n1-c1ccc(C(C)(C)C)cc1. The van der Waals surface area contributed by atoms with Crippen LogP contribution in [0.5, 0.6) is 0 Å². The highest BCUT2D eigenvalue weighted by atomic mass is 19.1. The number of carbonyl (C=O) groups excluding carboxylic acids is 3. The van der Waals surface area contributed by atoms with Crippen molar-refractivity contribution in [1.82, 2.24) is 9.88 Å². The molecule has 0 saturated carbocycles. The van der Waals surface area contributed by atoms with Crippen molar-refractivity contribution in [1.29, 1.82) is 0 Å². The lowest BCUT2D eigenvalue weighted by atomic mass is 9.87. The highest BCUT2D eigenvalue weighted by molar-refractivity contribution is 6.39. The Bertz CT molecular complexity index is 1340. The molecule has 0 radical (unpaired) electrons. The minimum Gasteiger partial charge on any atom is -0.318 e. The molecule has 1 saturated heterocycles. The topological polar surface area (TPSA) is 71.4 Å². The minimum absolute atomic E-state index is 0.0329. The zero-order valence-electron chi connectivity index (χ0n) is 19.8. The van der Waals surface area contributed by atoms with E-state index in [0.29, 0.717) is 10.5 Å². The number of hydrogen-bond acceptors (Lipinski definition) is 3. The summed E-state index contributed by atoms with van der Waals surface area (Å²) in [5, 5.41) is 2.13. The van der Waals surface area contributed by atoms with Gasteiger partial charge in [0.1, 0.15) is 11.4 Å². The number of rotatable bonds is 3. The molecule has 34 heavy (non-hydrogen) atoms. The second kappa shape index (κ2) is 8.41. The van der Waals surface area contributed by atoms with Gasteiger partial charge in [-0.25, -0.2) is 14.1 Å². The molecule has 0 aliphatic carbocycles. The number of para-hydroxylation sites is 1. The van der Waals surface area contributed by atoms with Gasteiger partial charge in [-0.2, -0.15) is 0 Å². The van der Waals surface area contributed by atoms with E-state index in [4.69, 9.17) is 0 Å². The Morgan fingerprint density at radius 1 is 0.941 bits per heavy atom. The van der Waals surface area contributed by atoms with Gasteiger partial charge in [0, 0.05) is 17.1 Å². The fourth-order valence-corrected chi connectivity index (χ4v) is 4.11. The molecular formula is C27H26FN3O3. The Hall–Kier alpha value is -4.00. The largest absolute Gasteiger partial charge is 0.336 e. The first-order valence-electron chi connectivity index (χ1n) is 10.9. The Labute approximate surface area is 197 Å². The van der Waals surface area contributed by atoms with Crippen molar-refractivity contribution in [3.05, 3.63) is 88.5 Å². The van der Waals surface area contributed by atoms with Gasteiger partial charge in [-0.15, -0.1) is 0 Å². The molecule has 0 bridgehead atoms. The molecule has 7 heteroatoms. The van der Waals surface area contributed by atoms with Gasteiger partial charge in [0.15, 0.2) is 0 Å². The number of urea groups is 1. The molecule has 3 aromatic rings. The number of imide groups is 2. The van der Waals surface area contributed by atoms with Crippen LogP contribution < -0.4 is 10.2 Å². The molecule has 174 valence electrons. The number of anilines is 1. The van der Waals surface area contributed by atoms with Gasteiger partial charge < -0.3 is 4.57 Å². The van der Waals surface area contributed by atoms with Crippen LogP contribution in [-0.4, -0.2) is 22.4 Å². The van der Waals surface area contributed by atoms with Gasteiger partial charge in [-0.3, -0.25) is 14.9 Å². The van der Waals surface area contributed by atoms with Crippen LogP contribution in [0.25, 0.3) is 11.8 Å². The number of aryl methyl sites for hydroxylation is 1. The standard InChI is InChI=1S/C27H26FN3O3/c1-16-14-18(17(2)30(16)20-12-10-19(11-13-20)27(3,4)5)15-21-24(32)29-26(34)31(25(21)33)23-9-7-6-8-22(23)28/h6-15H,1-5H3,(H,29,32,34)/b21-15+. The number of aromatic nitrogens is 1. The van der Waals surface area contributed by atoms with E-state index >= 15 is 0 Å². The van der Waals surface area contributed by atoms with Crippen LogP contribution in [-0.2, 0) is 15.0 Å². The smallest absolute Gasteiger partial charge is 0.318 e. The number of nitrogens with one attached hydrogen (secondary N) is 1. The summed E-state index contributed by atoms with van der Waals surface area (Å²) in [6, 6.07) is 14.6. The number of barbiturate groups is 1. The summed E-state index contributed by atoms with van der Waals surface area (Å²) in [6.45, 7) is 10.3. The van der Waals surface area contributed by atoms with Crippen LogP contribution in [0.1, 0.15) is 43.3 Å². The van der Waals surface area contributed by atoms with Crippen LogP contribution in [0.3, 0.4) is 0 Å². The van der Waals surface area contributed by atoms with E-state index < -0.39 is 23.7 Å². The lowest BCUT2D eigenvalue weighted by molar-refractivity contribution is -0.122. The van der Waals surface area contributed by atoms with Crippen molar-refractivity contribution in [2.24, 2.45) is 0 Å². The molecule has 1 aliphatic rings. The molecule has 4 rings (SSSR count). The summed E-state index contributed by atoms with van der Waals surface area (Å²) >= 11 is 0. The predicted octanol–water partition coefficient (Wildman–Crippen LogP) is 5.20. The molecule has 2 heterocycles. The highest BCUT2D eigenvalue weighted by Gasteiger charge is 2.38. The summed E-state index contributed by atoms with van der Waals surface area (Å²) < 4.78 is 16.3. The number of amides is 4. The average Bonchev–Trinajstić information content (AvgIpc) is 3.04. The Kier molecular flexibility index (Phi) is 5.73. The quantitative estimate of drug-likeness (QED) is 0.432. The number of benzene rings is 2. The molecule has 0 unspecified atom stereocenters. The average molecular weight is 460 g/mol. The van der Waals surface area contributed by atoms with Crippen LogP contribution in [0, 0.1) is 19.7 Å². The van der Waals surface area contributed by atoms with Crippen LogP contribution in [0.2, 0.25) is 0 Å². The van der Waals surface area contributed by atoms with Crippen molar-refractivity contribution in [2.75, 3.05) is 4.90 Å². The van der Waals surface area contributed by atoms with E-state index in [1.165, 1.54) is 29.8 Å². The maximum atomic E-state index is 14.3. The maximum Gasteiger partial charge on any atom is 0.336 e. The van der Waals surface area contributed by atoms with E-state index in [1.807, 2.05) is 36.6 Å². The molecule has 0 atom stereocenters. The maximum absolute atomic E-state index is 14.3. The normalized spacial score (nSPS) is 15.8. The third-order valence-electron chi connectivity index (χ3n) is 5.96. The lowest BCUT2D eigenvalue weighted by Crippen LogP contribution is -2.54. The predicted molar refractivity (Wildman–Crippen MR) is 129 cm³/mol. The van der Waals surface area contributed by atoms with Gasteiger partial charge in [0.25, 0.3) is 11.8 Å². The van der Waals surface area contributed by atoms with E-state index in [2.05, 4.69) is 38.2 Å². The summed E-state index contributed by atoms with van der Waals surface area (Å²) in [5.41, 5.74) is 4.13. The van der Waals surface area contributed by atoms with Crippen LogP contribution in [0.4, 0.5) is 14.9 Å². The Morgan fingerprint density at radius 2 is 1.59 bits per heavy atom. The van der Waals surface area contributed by atoms with Gasteiger partial charge >= 0.3 is 6.03 Å². The van der Waals surface area contributed by atoms with Gasteiger partial charge in [0.05, 0.1) is 5.69 Å². The zero-order valence-corrected chi connectivity index (χ0v) is 19.8. The molecule has 1 N–H and O–H groups in total. The van der Waals surface area contributed by atoms with E-state index in [-0.39, 0.29) is 16.7 Å². The minimum atomic E-state index is -0.985. The summed E-state index contributed by atoms with van der Waals surface area (Å²) in [6.07, 6.45) is 1.44. The fourth-order valence-electron chi connectivity index (χ4n) is 4.11. The first kappa shape index (κ1) is 23.2. The first-order valence-corrected chi connectivity index (χ1v) is 10.9. The molecule has 4 amide bonds. The number of hydrogen-bond donors (Lipinski definition) is 1. The van der Waals surface area contributed by atoms with Crippen molar-refractivity contribution in [3.63, 3.8) is 0 Å². The van der Waals surface area contributed by atoms with E-state index in [9.17, 15) is 18.8 Å². The van der Waals surface area contributed by atoms with Crippen LogP contribution >= 0.6 is 0 Å². The lowest BCUT2D eigenvalue weighted by Gasteiger charge is -2.26. The summed E-state index contributed by atoms with van der Waals surface area (Å²) in [5.74, 6) is -2.43. The summed E-state index contributed by atoms with van der Waals surface area (Å²) in [4.78, 5) is 38.6. The van der Waals surface area contributed by atoms with Crippen molar-refractivity contribution < 1.29 is 18.8 Å². The van der Waals surface area contributed by atoms with Gasteiger partial charge in [0.2, 0.25) is 0 Å². The van der Waals surface area contributed by atoms with Crippen molar-refractivity contribution in [2.45, 2.75) is 40.0 Å². The Morgan fingerprint density at radius 3 is 2.21 bits per heavy atom. The third-order valence-corrected chi connectivity index (χ3v) is 5.96. The fraction of sp³-hybridized carbons (Fsp3) is 0.222. The second-order valence-electron chi connectivity index (χ2n) is 9.37. The van der Waals surface area contributed by atoms with Gasteiger partial charge in [-0.1, -0.05) is 45.0 Å². The Balaban J connectivity index is 1.74. The molecule has 1 fully saturated rings. The number of halogens is 1. The highest BCUT2D eigenvalue weighted by Crippen LogP contribution is 2.28. The van der Waals surface area contributed by atoms with Crippen LogP contribution in [0.15, 0.2) is 60.2 Å². The zero-order chi connectivity index (χ0) is 24.8. The molecule has 1 aliphatic heterocycles. The van der Waals surface area contributed by atoms with Crippen molar-refractivity contribution in [3.8, 4) is 5.69 Å². The molecule has 1 aromatic heterocycles. The second-order valence-corrected chi connectivity index (χ2v) is 9.37. The first-order chi connectivity index (χ1) is 16.0.